The van der Waals surface area contributed by atoms with Crippen molar-refractivity contribution in [1.82, 2.24) is 9.80 Å². The smallest absolute Gasteiger partial charge is 0.238 e. The van der Waals surface area contributed by atoms with Crippen molar-refractivity contribution in [1.29, 1.82) is 0 Å². The molecule has 4 nitrogen and oxygen atoms in total. The van der Waals surface area contributed by atoms with Crippen LogP contribution in [0.3, 0.4) is 0 Å². The van der Waals surface area contributed by atoms with E-state index in [9.17, 15) is 4.79 Å². The lowest BCUT2D eigenvalue weighted by Crippen LogP contribution is -2.48. The Balaban J connectivity index is 1.48. The highest BCUT2D eigenvalue weighted by atomic mass is 35.5. The van der Waals surface area contributed by atoms with Crippen molar-refractivity contribution in [2.45, 2.75) is 20.4 Å². The van der Waals surface area contributed by atoms with Gasteiger partial charge in [0.15, 0.2) is 0 Å². The van der Waals surface area contributed by atoms with E-state index in [1.165, 1.54) is 4.88 Å². The number of hydrogen-bond acceptors (Lipinski definition) is 4. The average molecular weight is 378 g/mol. The summed E-state index contributed by atoms with van der Waals surface area (Å²) in [5.74, 6) is 0.000518. The lowest BCUT2D eigenvalue weighted by atomic mass is 10.1. The van der Waals surface area contributed by atoms with Crippen molar-refractivity contribution in [2.24, 2.45) is 0 Å². The molecule has 134 valence electrons. The number of nitrogens with one attached hydrogen (secondary N) is 1. The molecule has 1 aromatic heterocycles. The highest BCUT2D eigenvalue weighted by molar-refractivity contribution is 7.09. The van der Waals surface area contributed by atoms with Crippen LogP contribution in [0.15, 0.2) is 29.6 Å². The maximum absolute atomic E-state index is 12.4. The fraction of sp³-hybridized carbons (Fsp3) is 0.421. The maximum Gasteiger partial charge on any atom is 0.238 e. The molecule has 6 heteroatoms. The number of amides is 1. The minimum atomic E-state index is 0.000518. The molecule has 1 fully saturated rings. The zero-order valence-corrected chi connectivity index (χ0v) is 16.3. The second kappa shape index (κ2) is 8.32. The first-order valence-corrected chi connectivity index (χ1v) is 9.81. The van der Waals surface area contributed by atoms with Crippen molar-refractivity contribution in [2.75, 3.05) is 38.0 Å². The van der Waals surface area contributed by atoms with Crippen LogP contribution < -0.4 is 5.32 Å². The molecule has 0 saturated carbocycles. The van der Waals surface area contributed by atoms with E-state index in [1.54, 1.807) is 11.3 Å². The van der Waals surface area contributed by atoms with Gasteiger partial charge in [0, 0.05) is 37.6 Å². The molecule has 25 heavy (non-hydrogen) atoms. The Morgan fingerprint density at radius 2 is 1.92 bits per heavy atom. The molecule has 1 amide bonds. The molecule has 1 N–H and O–H groups in total. The number of hydrogen-bond donors (Lipinski definition) is 1. The van der Waals surface area contributed by atoms with Gasteiger partial charge in [-0.25, -0.2) is 0 Å². The van der Waals surface area contributed by atoms with Gasteiger partial charge < -0.3 is 5.32 Å². The number of rotatable bonds is 5. The van der Waals surface area contributed by atoms with Crippen molar-refractivity contribution < 1.29 is 4.79 Å². The maximum atomic E-state index is 12.4. The quantitative estimate of drug-likeness (QED) is 0.861. The van der Waals surface area contributed by atoms with E-state index >= 15 is 0 Å². The van der Waals surface area contributed by atoms with E-state index < -0.39 is 0 Å². The van der Waals surface area contributed by atoms with Gasteiger partial charge in [-0.05, 0) is 42.5 Å². The number of carbonyl (C=O) groups excluding carboxylic acids is 1. The third-order valence-corrected chi connectivity index (χ3v) is 5.65. The summed E-state index contributed by atoms with van der Waals surface area (Å²) in [5.41, 5.74) is 2.83. The first-order valence-electron chi connectivity index (χ1n) is 8.55. The molecule has 3 rings (SSSR count). The van der Waals surface area contributed by atoms with E-state index in [0.717, 1.165) is 49.5 Å². The van der Waals surface area contributed by atoms with E-state index in [1.807, 2.05) is 26.0 Å². The molecule has 2 aromatic rings. The van der Waals surface area contributed by atoms with Crippen molar-refractivity contribution in [3.05, 3.63) is 50.7 Å². The van der Waals surface area contributed by atoms with Crippen molar-refractivity contribution in [3.8, 4) is 0 Å². The Morgan fingerprint density at radius 3 is 2.56 bits per heavy atom. The summed E-state index contributed by atoms with van der Waals surface area (Å²) in [7, 11) is 0. The minimum absolute atomic E-state index is 0.000518. The second-order valence-electron chi connectivity index (χ2n) is 6.62. The average Bonchev–Trinajstić information content (AvgIpc) is 3.06. The summed E-state index contributed by atoms with van der Waals surface area (Å²) in [4.78, 5) is 18.4. The molecular weight excluding hydrogens is 354 g/mol. The number of aryl methyl sites for hydroxylation is 2. The summed E-state index contributed by atoms with van der Waals surface area (Å²) >= 11 is 8.08. The number of halogens is 1. The van der Waals surface area contributed by atoms with Gasteiger partial charge in [-0.15, -0.1) is 11.3 Å². The van der Waals surface area contributed by atoms with Gasteiger partial charge in [0.1, 0.15) is 0 Å². The fourth-order valence-corrected chi connectivity index (χ4v) is 4.30. The van der Waals surface area contributed by atoms with Crippen molar-refractivity contribution in [3.63, 3.8) is 0 Å². The molecule has 1 aromatic carbocycles. The van der Waals surface area contributed by atoms with E-state index in [2.05, 4.69) is 32.6 Å². The van der Waals surface area contributed by atoms with Gasteiger partial charge in [-0.2, -0.15) is 0 Å². The molecule has 0 bridgehead atoms. The SMILES string of the molecule is Cc1cc(C)c(NC(=O)CN2CCN(Cc3cccs3)CC2)c(Cl)c1. The molecule has 0 radical (unpaired) electrons. The van der Waals surface area contributed by atoms with Crippen LogP contribution in [-0.2, 0) is 11.3 Å². The second-order valence-corrected chi connectivity index (χ2v) is 8.06. The van der Waals surface area contributed by atoms with Gasteiger partial charge in [0.05, 0.1) is 17.3 Å². The summed E-state index contributed by atoms with van der Waals surface area (Å²) in [5, 5.41) is 5.70. The summed E-state index contributed by atoms with van der Waals surface area (Å²) in [6.07, 6.45) is 0. The third-order valence-electron chi connectivity index (χ3n) is 4.49. The molecule has 0 unspecified atom stereocenters. The van der Waals surface area contributed by atoms with E-state index in [-0.39, 0.29) is 5.91 Å². The van der Waals surface area contributed by atoms with Crippen molar-refractivity contribution >= 4 is 34.5 Å². The molecule has 0 spiro atoms. The van der Waals surface area contributed by atoms with Crippen LogP contribution >= 0.6 is 22.9 Å². The van der Waals surface area contributed by atoms with Gasteiger partial charge in [-0.3, -0.25) is 14.6 Å². The van der Waals surface area contributed by atoms with Gasteiger partial charge >= 0.3 is 0 Å². The Labute approximate surface area is 158 Å². The molecule has 0 aliphatic carbocycles. The van der Waals surface area contributed by atoms with Crippen LogP contribution in [0.25, 0.3) is 0 Å². The lowest BCUT2D eigenvalue weighted by Gasteiger charge is -2.34. The zero-order chi connectivity index (χ0) is 17.8. The number of thiophene rings is 1. The van der Waals surface area contributed by atoms with Crippen LogP contribution in [0.4, 0.5) is 5.69 Å². The number of carbonyl (C=O) groups is 1. The summed E-state index contributed by atoms with van der Waals surface area (Å²) in [6, 6.07) is 8.19. The predicted molar refractivity (Wildman–Crippen MR) is 106 cm³/mol. The molecule has 1 aliphatic heterocycles. The van der Waals surface area contributed by atoms with Crippen LogP contribution in [0.1, 0.15) is 16.0 Å². The summed E-state index contributed by atoms with van der Waals surface area (Å²) < 4.78 is 0. The van der Waals surface area contributed by atoms with Crippen LogP contribution in [0.2, 0.25) is 5.02 Å². The Morgan fingerprint density at radius 1 is 1.20 bits per heavy atom. The summed E-state index contributed by atoms with van der Waals surface area (Å²) in [6.45, 7) is 9.22. The number of benzene rings is 1. The van der Waals surface area contributed by atoms with Crippen LogP contribution in [-0.4, -0.2) is 48.4 Å². The van der Waals surface area contributed by atoms with Gasteiger partial charge in [-0.1, -0.05) is 23.7 Å². The number of anilines is 1. The normalized spacial score (nSPS) is 16.1. The largest absolute Gasteiger partial charge is 0.323 e. The molecule has 1 saturated heterocycles. The number of piperazine rings is 1. The monoisotopic (exact) mass is 377 g/mol. The molecule has 0 atom stereocenters. The lowest BCUT2D eigenvalue weighted by molar-refractivity contribution is -0.117. The molecule has 1 aliphatic rings. The van der Waals surface area contributed by atoms with Crippen LogP contribution in [0.5, 0.6) is 0 Å². The third kappa shape index (κ3) is 5.05. The Kier molecular flexibility index (Phi) is 6.12. The van der Waals surface area contributed by atoms with E-state index in [0.29, 0.717) is 11.6 Å². The van der Waals surface area contributed by atoms with Crippen LogP contribution in [0, 0.1) is 13.8 Å². The van der Waals surface area contributed by atoms with Gasteiger partial charge in [0.2, 0.25) is 5.91 Å². The Hall–Kier alpha value is -1.40. The minimum Gasteiger partial charge on any atom is -0.323 e. The fourth-order valence-electron chi connectivity index (χ4n) is 3.18. The predicted octanol–water partition coefficient (Wildman–Crippen LogP) is 3.77. The Bertz CT molecular complexity index is 701. The zero-order valence-electron chi connectivity index (χ0n) is 14.7. The first kappa shape index (κ1) is 18.4. The molecule has 2 heterocycles. The van der Waals surface area contributed by atoms with E-state index in [4.69, 9.17) is 11.6 Å². The number of nitrogens with zero attached hydrogens (tertiary/aromatic N) is 2. The first-order chi connectivity index (χ1) is 12.0. The van der Waals surface area contributed by atoms with Gasteiger partial charge in [0.25, 0.3) is 0 Å². The topological polar surface area (TPSA) is 35.6 Å². The highest BCUT2D eigenvalue weighted by Gasteiger charge is 2.20. The standard InChI is InChI=1S/C19H24ClN3OS/c1-14-10-15(2)19(17(20)11-14)21-18(24)13-23-7-5-22(6-8-23)12-16-4-3-9-25-16/h3-4,9-11H,5-8,12-13H2,1-2H3,(H,21,24). The molecular formula is C19H24ClN3OS. The highest BCUT2D eigenvalue weighted by Crippen LogP contribution is 2.27.